The molecule has 0 saturated carbocycles. The van der Waals surface area contributed by atoms with Gasteiger partial charge in [0.15, 0.2) is 0 Å². The van der Waals surface area contributed by atoms with E-state index in [0.717, 1.165) is 15.7 Å². The van der Waals surface area contributed by atoms with Crippen LogP contribution < -0.4 is 4.74 Å². The summed E-state index contributed by atoms with van der Waals surface area (Å²) in [5, 5.41) is 0. The fourth-order valence-electron chi connectivity index (χ4n) is 2.03. The van der Waals surface area contributed by atoms with Crippen LogP contribution in [0.4, 0.5) is 0 Å². The second-order valence-corrected chi connectivity index (χ2v) is 5.52. The SMILES string of the molecule is O=C(Oc1ccccc1-c1ccccn1)c1ccc(Br)cc1. The van der Waals surface area contributed by atoms with E-state index in [-0.39, 0.29) is 0 Å². The Morgan fingerprint density at radius 1 is 0.909 bits per heavy atom. The van der Waals surface area contributed by atoms with Gasteiger partial charge in [-0.2, -0.15) is 0 Å². The van der Waals surface area contributed by atoms with Crippen LogP contribution in [0.1, 0.15) is 10.4 Å². The summed E-state index contributed by atoms with van der Waals surface area (Å²) >= 11 is 3.34. The fourth-order valence-corrected chi connectivity index (χ4v) is 2.30. The van der Waals surface area contributed by atoms with Gasteiger partial charge in [0.05, 0.1) is 11.3 Å². The molecule has 4 heteroatoms. The van der Waals surface area contributed by atoms with E-state index >= 15 is 0 Å². The van der Waals surface area contributed by atoms with Gasteiger partial charge in [-0.25, -0.2) is 4.79 Å². The van der Waals surface area contributed by atoms with Crippen molar-refractivity contribution < 1.29 is 9.53 Å². The third-order valence-corrected chi connectivity index (χ3v) is 3.64. The van der Waals surface area contributed by atoms with Crippen molar-refractivity contribution >= 4 is 21.9 Å². The molecule has 0 atom stereocenters. The number of aromatic nitrogens is 1. The van der Waals surface area contributed by atoms with Gasteiger partial charge >= 0.3 is 5.97 Å². The lowest BCUT2D eigenvalue weighted by atomic mass is 10.1. The largest absolute Gasteiger partial charge is 0.422 e. The number of hydrogen-bond acceptors (Lipinski definition) is 3. The Morgan fingerprint density at radius 2 is 1.64 bits per heavy atom. The van der Waals surface area contributed by atoms with Crippen molar-refractivity contribution in [3.63, 3.8) is 0 Å². The summed E-state index contributed by atoms with van der Waals surface area (Å²) in [6, 6.07) is 20.0. The summed E-state index contributed by atoms with van der Waals surface area (Å²) in [5.74, 6) is 0.102. The molecule has 2 aromatic carbocycles. The summed E-state index contributed by atoms with van der Waals surface area (Å²) in [4.78, 5) is 16.6. The van der Waals surface area contributed by atoms with Crippen molar-refractivity contribution in [1.82, 2.24) is 4.98 Å². The van der Waals surface area contributed by atoms with Crippen LogP contribution >= 0.6 is 15.9 Å². The molecule has 1 heterocycles. The molecule has 0 fully saturated rings. The summed E-state index contributed by atoms with van der Waals surface area (Å²) < 4.78 is 6.45. The molecule has 0 aliphatic rings. The average molecular weight is 354 g/mol. The standard InChI is InChI=1S/C18H12BrNO2/c19-14-10-8-13(9-11-14)18(21)22-17-7-2-1-5-15(17)16-6-3-4-12-20-16/h1-12H. The number of para-hydroxylation sites is 1. The van der Waals surface area contributed by atoms with E-state index in [0.29, 0.717) is 11.3 Å². The smallest absolute Gasteiger partial charge is 0.343 e. The van der Waals surface area contributed by atoms with Crippen LogP contribution in [0.5, 0.6) is 5.75 Å². The molecule has 0 N–H and O–H groups in total. The maximum atomic E-state index is 12.3. The number of pyridine rings is 1. The lowest BCUT2D eigenvalue weighted by molar-refractivity contribution is 0.0735. The fraction of sp³-hybridized carbons (Fsp3) is 0. The molecule has 3 rings (SSSR count). The third kappa shape index (κ3) is 3.23. The monoisotopic (exact) mass is 353 g/mol. The molecule has 108 valence electrons. The highest BCUT2D eigenvalue weighted by atomic mass is 79.9. The van der Waals surface area contributed by atoms with E-state index < -0.39 is 5.97 Å². The van der Waals surface area contributed by atoms with Gasteiger partial charge in [0, 0.05) is 16.2 Å². The molecule has 0 saturated heterocycles. The van der Waals surface area contributed by atoms with Crippen LogP contribution in [0.25, 0.3) is 11.3 Å². The number of carbonyl (C=O) groups excluding carboxylic acids is 1. The number of halogens is 1. The Bertz CT molecular complexity index is 786. The van der Waals surface area contributed by atoms with Gasteiger partial charge in [0.2, 0.25) is 0 Å². The highest BCUT2D eigenvalue weighted by Gasteiger charge is 2.12. The van der Waals surface area contributed by atoms with Crippen molar-refractivity contribution in [1.29, 1.82) is 0 Å². The number of nitrogens with zero attached hydrogens (tertiary/aromatic N) is 1. The van der Waals surface area contributed by atoms with Crippen LogP contribution in [0.15, 0.2) is 77.4 Å². The maximum absolute atomic E-state index is 12.3. The first-order valence-electron chi connectivity index (χ1n) is 6.72. The van der Waals surface area contributed by atoms with Crippen molar-refractivity contribution in [2.75, 3.05) is 0 Å². The van der Waals surface area contributed by atoms with Crippen LogP contribution in [-0.4, -0.2) is 11.0 Å². The van der Waals surface area contributed by atoms with E-state index in [1.807, 2.05) is 36.4 Å². The van der Waals surface area contributed by atoms with Gasteiger partial charge in [-0.15, -0.1) is 0 Å². The number of rotatable bonds is 3. The summed E-state index contributed by atoms with van der Waals surface area (Å²) in [7, 11) is 0. The number of benzene rings is 2. The normalized spacial score (nSPS) is 10.2. The molecule has 0 bridgehead atoms. The maximum Gasteiger partial charge on any atom is 0.343 e. The highest BCUT2D eigenvalue weighted by molar-refractivity contribution is 9.10. The van der Waals surface area contributed by atoms with Gasteiger partial charge in [-0.3, -0.25) is 4.98 Å². The van der Waals surface area contributed by atoms with Crippen LogP contribution in [0, 0.1) is 0 Å². The average Bonchev–Trinajstić information content (AvgIpc) is 2.57. The zero-order valence-electron chi connectivity index (χ0n) is 11.6. The Hall–Kier alpha value is -2.46. The molecule has 3 aromatic rings. The van der Waals surface area contributed by atoms with Gasteiger partial charge in [-0.1, -0.05) is 34.1 Å². The Morgan fingerprint density at radius 3 is 2.36 bits per heavy atom. The first-order chi connectivity index (χ1) is 10.7. The van der Waals surface area contributed by atoms with Crippen molar-refractivity contribution in [3.05, 3.63) is 83.0 Å². The first kappa shape index (κ1) is 14.5. The van der Waals surface area contributed by atoms with Crippen molar-refractivity contribution in [3.8, 4) is 17.0 Å². The second kappa shape index (κ2) is 6.54. The number of hydrogen-bond donors (Lipinski definition) is 0. The van der Waals surface area contributed by atoms with E-state index in [2.05, 4.69) is 20.9 Å². The summed E-state index contributed by atoms with van der Waals surface area (Å²) in [5.41, 5.74) is 2.05. The minimum Gasteiger partial charge on any atom is -0.422 e. The summed E-state index contributed by atoms with van der Waals surface area (Å²) in [6.07, 6.45) is 1.71. The van der Waals surface area contributed by atoms with Crippen molar-refractivity contribution in [2.24, 2.45) is 0 Å². The molecule has 22 heavy (non-hydrogen) atoms. The molecule has 0 spiro atoms. The number of carbonyl (C=O) groups is 1. The van der Waals surface area contributed by atoms with Crippen LogP contribution in [-0.2, 0) is 0 Å². The first-order valence-corrected chi connectivity index (χ1v) is 7.51. The highest BCUT2D eigenvalue weighted by Crippen LogP contribution is 2.28. The topological polar surface area (TPSA) is 39.2 Å². The quantitative estimate of drug-likeness (QED) is 0.504. The molecular weight excluding hydrogens is 342 g/mol. The van der Waals surface area contributed by atoms with Gasteiger partial charge in [-0.05, 0) is 48.5 Å². The minimum atomic E-state index is -0.393. The van der Waals surface area contributed by atoms with Crippen LogP contribution in [0.3, 0.4) is 0 Å². The van der Waals surface area contributed by atoms with Crippen LogP contribution in [0.2, 0.25) is 0 Å². The lowest BCUT2D eigenvalue weighted by Gasteiger charge is -2.09. The third-order valence-electron chi connectivity index (χ3n) is 3.11. The Kier molecular flexibility index (Phi) is 4.30. The van der Waals surface area contributed by atoms with Gasteiger partial charge in [0.1, 0.15) is 5.75 Å². The lowest BCUT2D eigenvalue weighted by Crippen LogP contribution is -2.09. The summed E-state index contributed by atoms with van der Waals surface area (Å²) in [6.45, 7) is 0. The number of ether oxygens (including phenoxy) is 1. The predicted octanol–water partition coefficient (Wildman–Crippen LogP) is 4.73. The molecule has 3 nitrogen and oxygen atoms in total. The van der Waals surface area contributed by atoms with Crippen molar-refractivity contribution in [2.45, 2.75) is 0 Å². The zero-order chi connectivity index (χ0) is 15.4. The van der Waals surface area contributed by atoms with E-state index in [9.17, 15) is 4.79 Å². The van der Waals surface area contributed by atoms with E-state index in [4.69, 9.17) is 4.74 Å². The Balaban J connectivity index is 1.90. The predicted molar refractivity (Wildman–Crippen MR) is 88.8 cm³/mol. The molecular formula is C18H12BrNO2. The molecule has 1 aromatic heterocycles. The Labute approximate surface area is 136 Å². The van der Waals surface area contributed by atoms with E-state index in [1.165, 1.54) is 0 Å². The van der Waals surface area contributed by atoms with E-state index in [1.54, 1.807) is 36.5 Å². The molecule has 0 unspecified atom stereocenters. The van der Waals surface area contributed by atoms with Gasteiger partial charge in [0.25, 0.3) is 0 Å². The molecule has 0 aliphatic carbocycles. The second-order valence-electron chi connectivity index (χ2n) is 4.61. The molecule has 0 aliphatic heterocycles. The minimum absolute atomic E-state index is 0.393. The zero-order valence-corrected chi connectivity index (χ0v) is 13.2. The number of esters is 1. The molecule has 0 amide bonds. The van der Waals surface area contributed by atoms with Gasteiger partial charge < -0.3 is 4.74 Å². The molecule has 0 radical (unpaired) electrons.